The van der Waals surface area contributed by atoms with Crippen molar-refractivity contribution in [1.82, 2.24) is 10.3 Å². The molecule has 0 fully saturated rings. The van der Waals surface area contributed by atoms with E-state index in [4.69, 9.17) is 9.68 Å². The number of rotatable bonds is 9. The molecule has 29 heavy (non-hydrogen) atoms. The van der Waals surface area contributed by atoms with Gasteiger partial charge in [0.1, 0.15) is 18.1 Å². The number of aliphatic hydroxyl groups is 2. The van der Waals surface area contributed by atoms with E-state index in [9.17, 15) is 28.5 Å². The molecule has 0 radical (unpaired) electrons. The van der Waals surface area contributed by atoms with Gasteiger partial charge in [-0.15, -0.1) is 0 Å². The molecule has 0 aliphatic rings. The fourth-order valence-corrected chi connectivity index (χ4v) is 2.86. The number of aromatic hydroxyl groups is 1. The molecule has 5 N–H and O–H groups in total. The molecule has 0 aliphatic carbocycles. The summed E-state index contributed by atoms with van der Waals surface area (Å²) in [5.41, 5.74) is 0.379. The van der Waals surface area contributed by atoms with Crippen molar-refractivity contribution in [2.45, 2.75) is 31.1 Å². The molecular weight excluding hydrogens is 404 g/mol. The first-order valence-corrected chi connectivity index (χ1v) is 10.2. The molecular formula is C17H20N4O7S. The maximum atomic E-state index is 12.5. The maximum Gasteiger partial charge on any atom is 0.309 e. The fourth-order valence-electron chi connectivity index (χ4n) is 2.45. The summed E-state index contributed by atoms with van der Waals surface area (Å²) in [4.78, 5) is 16.2. The van der Waals surface area contributed by atoms with E-state index < -0.39 is 40.2 Å². The number of phenols is 1. The number of carbonyl (C=O) groups excluding carboxylic acids is 1. The standard InChI is InChI=1S/C17H20N4O7S/c1-29(26,27)21-17-20-13(9-28-17)16(25)19-12(15(24)14(23)6-7-18)8-10-2-4-11(22)5-3-10/h2-5,9,12,14-15,22-24H,6,8H2,1H3,(H,19,25)(H,20,21). The molecule has 2 aromatic rings. The Kier molecular flexibility index (Phi) is 7.16. The van der Waals surface area contributed by atoms with Crippen LogP contribution in [0.5, 0.6) is 5.75 Å². The Labute approximate surface area is 166 Å². The van der Waals surface area contributed by atoms with Crippen LogP contribution in [0.4, 0.5) is 6.01 Å². The van der Waals surface area contributed by atoms with Gasteiger partial charge < -0.3 is 25.1 Å². The van der Waals surface area contributed by atoms with Crippen LogP contribution in [-0.2, 0) is 16.4 Å². The van der Waals surface area contributed by atoms with Gasteiger partial charge >= 0.3 is 6.01 Å². The number of nitrogens with zero attached hydrogens (tertiary/aromatic N) is 2. The van der Waals surface area contributed by atoms with Crippen molar-refractivity contribution in [2.24, 2.45) is 0 Å². The Bertz CT molecular complexity index is 982. The van der Waals surface area contributed by atoms with Crippen LogP contribution in [0.2, 0.25) is 0 Å². The third-order valence-corrected chi connectivity index (χ3v) is 4.37. The molecule has 0 aliphatic heterocycles. The lowest BCUT2D eigenvalue weighted by atomic mass is 9.96. The number of aromatic nitrogens is 1. The molecule has 11 nitrogen and oxygen atoms in total. The third-order valence-electron chi connectivity index (χ3n) is 3.82. The van der Waals surface area contributed by atoms with Crippen molar-refractivity contribution in [3.63, 3.8) is 0 Å². The summed E-state index contributed by atoms with van der Waals surface area (Å²) >= 11 is 0. The monoisotopic (exact) mass is 424 g/mol. The highest BCUT2D eigenvalue weighted by molar-refractivity contribution is 7.91. The van der Waals surface area contributed by atoms with E-state index in [1.165, 1.54) is 12.1 Å². The summed E-state index contributed by atoms with van der Waals surface area (Å²) in [6, 6.07) is 6.31. The van der Waals surface area contributed by atoms with Gasteiger partial charge in [-0.2, -0.15) is 10.2 Å². The van der Waals surface area contributed by atoms with Crippen LogP contribution in [0, 0.1) is 11.3 Å². The molecule has 0 spiro atoms. The van der Waals surface area contributed by atoms with E-state index in [2.05, 4.69) is 10.3 Å². The van der Waals surface area contributed by atoms with Crippen molar-refractivity contribution in [3.8, 4) is 11.8 Å². The van der Waals surface area contributed by atoms with Gasteiger partial charge in [0.05, 0.1) is 30.9 Å². The molecule has 3 unspecified atom stereocenters. The zero-order chi connectivity index (χ0) is 21.6. The summed E-state index contributed by atoms with van der Waals surface area (Å²) in [6.45, 7) is 0. The zero-order valence-electron chi connectivity index (χ0n) is 15.3. The number of hydrogen-bond acceptors (Lipinski definition) is 9. The van der Waals surface area contributed by atoms with Gasteiger partial charge in [0.25, 0.3) is 5.91 Å². The number of sulfonamides is 1. The van der Waals surface area contributed by atoms with Gasteiger partial charge in [0.2, 0.25) is 10.0 Å². The lowest BCUT2D eigenvalue weighted by Crippen LogP contribution is -2.49. The number of hydrogen-bond donors (Lipinski definition) is 5. The molecule has 0 saturated heterocycles. The number of anilines is 1. The van der Waals surface area contributed by atoms with E-state index >= 15 is 0 Å². The maximum absolute atomic E-state index is 12.5. The first kappa shape index (κ1) is 22.2. The van der Waals surface area contributed by atoms with E-state index in [0.29, 0.717) is 5.56 Å². The first-order valence-electron chi connectivity index (χ1n) is 8.34. The smallest absolute Gasteiger partial charge is 0.309 e. The highest BCUT2D eigenvalue weighted by Gasteiger charge is 2.29. The molecule has 156 valence electrons. The summed E-state index contributed by atoms with van der Waals surface area (Å²) < 4.78 is 29.2. The first-order chi connectivity index (χ1) is 13.6. The number of aliphatic hydroxyl groups excluding tert-OH is 2. The second-order valence-corrected chi connectivity index (χ2v) is 8.03. The van der Waals surface area contributed by atoms with Gasteiger partial charge in [0.15, 0.2) is 5.69 Å². The number of oxazole rings is 1. The molecule has 1 aromatic carbocycles. The van der Waals surface area contributed by atoms with E-state index in [-0.39, 0.29) is 24.3 Å². The number of benzene rings is 1. The van der Waals surface area contributed by atoms with Crippen LogP contribution in [0.3, 0.4) is 0 Å². The van der Waals surface area contributed by atoms with E-state index in [1.807, 2.05) is 4.72 Å². The van der Waals surface area contributed by atoms with Crippen molar-refractivity contribution in [2.75, 3.05) is 11.0 Å². The molecule has 1 amide bonds. The van der Waals surface area contributed by atoms with Crippen molar-refractivity contribution in [3.05, 3.63) is 41.8 Å². The lowest BCUT2D eigenvalue weighted by Gasteiger charge is -2.26. The molecule has 1 aromatic heterocycles. The number of phenolic OH excluding ortho intramolecular Hbond substituents is 1. The number of nitrogens with one attached hydrogen (secondary N) is 2. The predicted molar refractivity (Wildman–Crippen MR) is 100 cm³/mol. The van der Waals surface area contributed by atoms with Gasteiger partial charge in [-0.05, 0) is 24.1 Å². The summed E-state index contributed by atoms with van der Waals surface area (Å²) in [5.74, 6) is -0.754. The van der Waals surface area contributed by atoms with Gasteiger partial charge in [-0.3, -0.25) is 4.79 Å². The van der Waals surface area contributed by atoms with Gasteiger partial charge in [-0.25, -0.2) is 13.1 Å². The van der Waals surface area contributed by atoms with Crippen LogP contribution in [0.25, 0.3) is 0 Å². The molecule has 12 heteroatoms. The number of amides is 1. The predicted octanol–water partition coefficient (Wildman–Crippen LogP) is -0.272. The van der Waals surface area contributed by atoms with Crippen LogP contribution >= 0.6 is 0 Å². The zero-order valence-corrected chi connectivity index (χ0v) is 16.1. The molecule has 1 heterocycles. The van der Waals surface area contributed by atoms with Crippen LogP contribution in [0.15, 0.2) is 34.9 Å². The van der Waals surface area contributed by atoms with Crippen LogP contribution in [0.1, 0.15) is 22.5 Å². The quantitative estimate of drug-likeness (QED) is 0.361. The van der Waals surface area contributed by atoms with Crippen LogP contribution in [-0.4, -0.2) is 59.1 Å². The average Bonchev–Trinajstić information content (AvgIpc) is 3.09. The minimum Gasteiger partial charge on any atom is -0.508 e. The Balaban J connectivity index is 2.18. The molecule has 3 atom stereocenters. The Morgan fingerprint density at radius 2 is 1.97 bits per heavy atom. The number of nitriles is 1. The minimum absolute atomic E-state index is 0.0351. The minimum atomic E-state index is -3.65. The molecule has 2 rings (SSSR count). The summed E-state index contributed by atoms with van der Waals surface area (Å²) in [6.07, 6.45) is -1.36. The topological polar surface area (TPSA) is 186 Å². The van der Waals surface area contributed by atoms with Crippen molar-refractivity contribution in [1.29, 1.82) is 5.26 Å². The summed E-state index contributed by atoms with van der Waals surface area (Å²) in [7, 11) is -3.65. The summed E-state index contributed by atoms with van der Waals surface area (Å²) in [5, 5.41) is 40.9. The Morgan fingerprint density at radius 1 is 1.31 bits per heavy atom. The number of carbonyl (C=O) groups is 1. The van der Waals surface area contributed by atoms with Crippen molar-refractivity contribution >= 4 is 21.9 Å². The highest BCUT2D eigenvalue weighted by Crippen LogP contribution is 2.16. The second-order valence-electron chi connectivity index (χ2n) is 6.28. The normalized spacial score (nSPS) is 14.4. The van der Waals surface area contributed by atoms with Gasteiger partial charge in [-0.1, -0.05) is 12.1 Å². The highest BCUT2D eigenvalue weighted by atomic mass is 32.2. The Hall–Kier alpha value is -3.14. The van der Waals surface area contributed by atoms with E-state index in [1.54, 1.807) is 18.2 Å². The van der Waals surface area contributed by atoms with Crippen molar-refractivity contribution < 1.29 is 32.9 Å². The van der Waals surface area contributed by atoms with Crippen LogP contribution < -0.4 is 10.0 Å². The average molecular weight is 424 g/mol. The van der Waals surface area contributed by atoms with Gasteiger partial charge in [0, 0.05) is 0 Å². The fraction of sp³-hybridized carbons (Fsp3) is 0.353. The SMILES string of the molecule is CS(=O)(=O)Nc1nc(C(=O)NC(Cc2ccc(O)cc2)C(O)C(O)CC#N)co1. The molecule has 0 saturated carbocycles. The Morgan fingerprint density at radius 3 is 2.55 bits per heavy atom. The molecule has 0 bridgehead atoms. The largest absolute Gasteiger partial charge is 0.508 e. The second kappa shape index (κ2) is 9.37. The lowest BCUT2D eigenvalue weighted by molar-refractivity contribution is -0.000386. The third kappa shape index (κ3) is 6.75. The van der Waals surface area contributed by atoms with E-state index in [0.717, 1.165) is 12.5 Å².